The van der Waals surface area contributed by atoms with Gasteiger partial charge in [0.15, 0.2) is 0 Å². The molecule has 0 aliphatic carbocycles. The van der Waals surface area contributed by atoms with E-state index in [1.54, 1.807) is 18.9 Å². The van der Waals surface area contributed by atoms with Crippen molar-refractivity contribution in [1.29, 1.82) is 0 Å². The van der Waals surface area contributed by atoms with Gasteiger partial charge in [0, 0.05) is 18.5 Å². The summed E-state index contributed by atoms with van der Waals surface area (Å²) >= 11 is 0. The highest BCUT2D eigenvalue weighted by Crippen LogP contribution is 2.18. The van der Waals surface area contributed by atoms with Crippen LogP contribution in [0.4, 0.5) is 0 Å². The average molecular weight is 441 g/mol. The Kier molecular flexibility index (Phi) is 9.12. The molecule has 0 radical (unpaired) electrons. The van der Waals surface area contributed by atoms with E-state index in [0.717, 1.165) is 22.6 Å². The number of methoxy groups -OCH3 is 1. The second-order valence-electron chi connectivity index (χ2n) is 9.05. The van der Waals surface area contributed by atoms with E-state index in [1.807, 2.05) is 76.2 Å². The third-order valence-electron chi connectivity index (χ3n) is 4.96. The highest BCUT2D eigenvalue weighted by molar-refractivity contribution is 5.87. The molecular weight excluding hydrogens is 404 g/mol. The van der Waals surface area contributed by atoms with E-state index in [-0.39, 0.29) is 17.4 Å². The topological polar surface area (TPSA) is 67.9 Å². The number of rotatable bonds is 10. The van der Waals surface area contributed by atoms with Crippen molar-refractivity contribution in [2.75, 3.05) is 13.7 Å². The number of carbonyl (C=O) groups excluding carboxylic acids is 2. The lowest BCUT2D eigenvalue weighted by Crippen LogP contribution is -2.52. The van der Waals surface area contributed by atoms with Crippen LogP contribution >= 0.6 is 0 Å². The van der Waals surface area contributed by atoms with Crippen LogP contribution in [-0.4, -0.2) is 42.0 Å². The Balaban J connectivity index is 2.01. The second-order valence-corrected chi connectivity index (χ2v) is 9.05. The highest BCUT2D eigenvalue weighted by atomic mass is 16.5. The molecule has 2 rings (SSSR count). The van der Waals surface area contributed by atoms with E-state index in [2.05, 4.69) is 5.32 Å². The molecule has 0 heterocycles. The van der Waals surface area contributed by atoms with Crippen LogP contribution in [0.2, 0.25) is 0 Å². The SMILES string of the molecule is COc1ccc(OCCCC(=O)N(Cc2cccc(C)c2)[C@@H](C)C(=O)NC(C)(C)C)cc1. The van der Waals surface area contributed by atoms with Gasteiger partial charge in [0.05, 0.1) is 13.7 Å². The third-order valence-corrected chi connectivity index (χ3v) is 4.96. The smallest absolute Gasteiger partial charge is 0.242 e. The minimum absolute atomic E-state index is 0.0682. The quantitative estimate of drug-likeness (QED) is 0.553. The molecule has 0 saturated heterocycles. The molecule has 0 aromatic heterocycles. The van der Waals surface area contributed by atoms with E-state index in [9.17, 15) is 9.59 Å². The molecule has 0 fully saturated rings. The van der Waals surface area contributed by atoms with Gasteiger partial charge in [0.1, 0.15) is 17.5 Å². The van der Waals surface area contributed by atoms with Crippen LogP contribution in [0, 0.1) is 6.92 Å². The molecule has 0 aliphatic rings. The van der Waals surface area contributed by atoms with Crippen LogP contribution in [0.25, 0.3) is 0 Å². The Morgan fingerprint density at radius 2 is 1.72 bits per heavy atom. The first-order valence-electron chi connectivity index (χ1n) is 11.0. The van der Waals surface area contributed by atoms with Gasteiger partial charge < -0.3 is 19.7 Å². The monoisotopic (exact) mass is 440 g/mol. The number of hydrogen-bond donors (Lipinski definition) is 1. The van der Waals surface area contributed by atoms with E-state index < -0.39 is 6.04 Å². The number of aryl methyl sites for hydroxylation is 1. The van der Waals surface area contributed by atoms with Crippen molar-refractivity contribution in [3.63, 3.8) is 0 Å². The summed E-state index contributed by atoms with van der Waals surface area (Å²) in [6.45, 7) is 10.4. The molecule has 2 aromatic carbocycles. The van der Waals surface area contributed by atoms with E-state index in [1.165, 1.54) is 0 Å². The number of hydrogen-bond acceptors (Lipinski definition) is 4. The Morgan fingerprint density at radius 3 is 2.31 bits per heavy atom. The van der Waals surface area contributed by atoms with Crippen molar-refractivity contribution in [1.82, 2.24) is 10.2 Å². The summed E-state index contributed by atoms with van der Waals surface area (Å²) in [5, 5.41) is 2.98. The molecule has 6 heteroatoms. The summed E-state index contributed by atoms with van der Waals surface area (Å²) in [7, 11) is 1.62. The molecule has 0 aliphatic heterocycles. The molecule has 32 heavy (non-hydrogen) atoms. The van der Waals surface area contributed by atoms with Gasteiger partial charge in [-0.15, -0.1) is 0 Å². The number of ether oxygens (including phenoxy) is 2. The molecule has 0 unspecified atom stereocenters. The summed E-state index contributed by atoms with van der Waals surface area (Å²) in [5.74, 6) is 1.27. The number of carbonyl (C=O) groups is 2. The fraction of sp³-hybridized carbons (Fsp3) is 0.462. The Bertz CT molecular complexity index is 887. The minimum Gasteiger partial charge on any atom is -0.497 e. The van der Waals surface area contributed by atoms with Crippen molar-refractivity contribution in [2.45, 2.75) is 65.6 Å². The maximum Gasteiger partial charge on any atom is 0.242 e. The molecule has 174 valence electrons. The Hall–Kier alpha value is -3.02. The van der Waals surface area contributed by atoms with Crippen molar-refractivity contribution in [3.05, 3.63) is 59.7 Å². The minimum atomic E-state index is -0.579. The van der Waals surface area contributed by atoms with Crippen LogP contribution in [0.1, 0.15) is 51.7 Å². The first-order valence-corrected chi connectivity index (χ1v) is 11.0. The largest absolute Gasteiger partial charge is 0.497 e. The van der Waals surface area contributed by atoms with Crippen LogP contribution in [0.3, 0.4) is 0 Å². The second kappa shape index (κ2) is 11.6. The number of amides is 2. The van der Waals surface area contributed by atoms with Gasteiger partial charge >= 0.3 is 0 Å². The van der Waals surface area contributed by atoms with Gasteiger partial charge in [-0.2, -0.15) is 0 Å². The fourth-order valence-corrected chi connectivity index (χ4v) is 3.29. The molecule has 2 amide bonds. The first kappa shape index (κ1) is 25.2. The van der Waals surface area contributed by atoms with E-state index >= 15 is 0 Å². The number of nitrogens with one attached hydrogen (secondary N) is 1. The number of nitrogens with zero attached hydrogens (tertiary/aromatic N) is 1. The van der Waals surface area contributed by atoms with Crippen LogP contribution in [0.5, 0.6) is 11.5 Å². The lowest BCUT2D eigenvalue weighted by molar-refractivity contribution is -0.141. The predicted molar refractivity (Wildman–Crippen MR) is 127 cm³/mol. The predicted octanol–water partition coefficient (Wildman–Crippen LogP) is 4.49. The lowest BCUT2D eigenvalue weighted by Gasteiger charge is -2.31. The molecule has 1 atom stereocenters. The summed E-state index contributed by atoms with van der Waals surface area (Å²) in [4.78, 5) is 27.6. The highest BCUT2D eigenvalue weighted by Gasteiger charge is 2.28. The van der Waals surface area contributed by atoms with Gasteiger partial charge in [-0.05, 0) is 70.9 Å². The Morgan fingerprint density at radius 1 is 1.06 bits per heavy atom. The molecule has 0 saturated carbocycles. The standard InChI is InChI=1S/C26H36N2O4/c1-19-9-7-10-21(17-19)18-28(20(2)25(30)27-26(3,4)5)24(29)11-8-16-32-23-14-12-22(31-6)13-15-23/h7,9-10,12-15,17,20H,8,11,16,18H2,1-6H3,(H,27,30)/t20-/m0/s1. The summed E-state index contributed by atoms with van der Waals surface area (Å²) in [6.07, 6.45) is 0.859. The van der Waals surface area contributed by atoms with Crippen LogP contribution in [-0.2, 0) is 16.1 Å². The first-order chi connectivity index (χ1) is 15.1. The lowest BCUT2D eigenvalue weighted by atomic mass is 10.1. The molecule has 2 aromatic rings. The molecule has 6 nitrogen and oxygen atoms in total. The van der Waals surface area contributed by atoms with Crippen molar-refractivity contribution >= 4 is 11.8 Å². The zero-order chi connectivity index (χ0) is 23.7. The summed E-state index contributed by atoms with van der Waals surface area (Å²) < 4.78 is 10.9. The number of benzene rings is 2. The van der Waals surface area contributed by atoms with Gasteiger partial charge in [0.25, 0.3) is 0 Å². The van der Waals surface area contributed by atoms with Gasteiger partial charge in [-0.25, -0.2) is 0 Å². The van der Waals surface area contributed by atoms with Crippen molar-refractivity contribution in [3.8, 4) is 11.5 Å². The average Bonchev–Trinajstić information content (AvgIpc) is 2.73. The third kappa shape index (κ3) is 8.25. The molecule has 0 bridgehead atoms. The van der Waals surface area contributed by atoms with Gasteiger partial charge in [-0.1, -0.05) is 29.8 Å². The Labute approximate surface area is 191 Å². The summed E-state index contributed by atoms with van der Waals surface area (Å²) in [6, 6.07) is 14.8. The van der Waals surface area contributed by atoms with Crippen molar-refractivity contribution < 1.29 is 19.1 Å². The maximum absolute atomic E-state index is 13.1. The van der Waals surface area contributed by atoms with E-state index in [0.29, 0.717) is 26.0 Å². The fourth-order valence-electron chi connectivity index (χ4n) is 3.29. The van der Waals surface area contributed by atoms with Gasteiger partial charge in [-0.3, -0.25) is 9.59 Å². The van der Waals surface area contributed by atoms with Crippen LogP contribution in [0.15, 0.2) is 48.5 Å². The van der Waals surface area contributed by atoms with Crippen LogP contribution < -0.4 is 14.8 Å². The van der Waals surface area contributed by atoms with Gasteiger partial charge in [0.2, 0.25) is 11.8 Å². The molecule has 0 spiro atoms. The normalized spacial score (nSPS) is 12.1. The van der Waals surface area contributed by atoms with E-state index in [4.69, 9.17) is 9.47 Å². The maximum atomic E-state index is 13.1. The van der Waals surface area contributed by atoms with Crippen molar-refractivity contribution in [2.24, 2.45) is 0 Å². The molecule has 1 N–H and O–H groups in total. The zero-order valence-corrected chi connectivity index (χ0v) is 20.1. The summed E-state index contributed by atoms with van der Waals surface area (Å²) in [5.41, 5.74) is 1.76. The molecular formula is C26H36N2O4. The zero-order valence-electron chi connectivity index (χ0n) is 20.1.